The van der Waals surface area contributed by atoms with Crippen molar-refractivity contribution in [3.05, 3.63) is 105 Å². The molecule has 1 aromatic heterocycles. The molecule has 0 saturated carbocycles. The summed E-state index contributed by atoms with van der Waals surface area (Å²) in [7, 11) is 0. The molecule has 4 rings (SSSR count). The summed E-state index contributed by atoms with van der Waals surface area (Å²) >= 11 is 14.6. The molecule has 40 heavy (non-hydrogen) atoms. The zero-order valence-corrected chi connectivity index (χ0v) is 25.6. The number of carbonyl (C=O) groups is 1. The molecule has 1 amide bonds. The predicted octanol–water partition coefficient (Wildman–Crippen LogP) is 8.79. The Morgan fingerprint density at radius 2 is 1.75 bits per heavy atom. The highest BCUT2D eigenvalue weighted by molar-refractivity contribution is 7.98. The van der Waals surface area contributed by atoms with Crippen molar-refractivity contribution >= 4 is 40.9 Å². The van der Waals surface area contributed by atoms with Crippen molar-refractivity contribution in [1.29, 1.82) is 0 Å². The van der Waals surface area contributed by atoms with E-state index in [-0.39, 0.29) is 11.8 Å². The number of aryl methyl sites for hydroxylation is 1. The van der Waals surface area contributed by atoms with Crippen molar-refractivity contribution in [2.45, 2.75) is 69.8 Å². The van der Waals surface area contributed by atoms with Crippen LogP contribution in [0.2, 0.25) is 10.0 Å². The number of benzene rings is 3. The van der Waals surface area contributed by atoms with Crippen LogP contribution in [0.5, 0.6) is 0 Å². The van der Waals surface area contributed by atoms with Crippen LogP contribution in [0.1, 0.15) is 68.1 Å². The lowest BCUT2D eigenvalue weighted by molar-refractivity contribution is -0.126. The van der Waals surface area contributed by atoms with Gasteiger partial charge in [-0.25, -0.2) is 0 Å². The second kappa shape index (κ2) is 14.7. The molecule has 0 bridgehead atoms. The van der Waals surface area contributed by atoms with Crippen LogP contribution < -0.4 is 5.32 Å². The van der Waals surface area contributed by atoms with Gasteiger partial charge >= 0.3 is 0 Å². The largest absolute Gasteiger partial charge is 0.345 e. The molecule has 8 heteroatoms. The second-order valence-electron chi connectivity index (χ2n) is 10.0. The van der Waals surface area contributed by atoms with E-state index in [0.29, 0.717) is 27.4 Å². The predicted molar refractivity (Wildman–Crippen MR) is 166 cm³/mol. The lowest BCUT2D eigenvalue weighted by Crippen LogP contribution is -2.36. The summed E-state index contributed by atoms with van der Waals surface area (Å²) in [5.41, 5.74) is 4.22. The molecule has 0 aliphatic heterocycles. The molecule has 3 aromatic carbocycles. The Morgan fingerprint density at radius 1 is 0.975 bits per heavy atom. The Balaban J connectivity index is 1.75. The topological polar surface area (TPSA) is 59.8 Å². The first kappa shape index (κ1) is 30.2. The standard InChI is InChI=1S/C32H36Cl2N4OS/c1-4-6-15-25(5-2)31(39)35-28(19-23-12-8-7-9-13-23)30-36-37-32(40-21-24-14-10-11-22(3)18-24)38(30)29-17-16-26(33)20-27(29)34/h7-14,16-18,20,25,28H,4-6,15,19,21H2,1-3H3,(H,35,39). The number of hydrogen-bond acceptors (Lipinski definition) is 4. The molecule has 0 radical (unpaired) electrons. The summed E-state index contributed by atoms with van der Waals surface area (Å²) in [6.07, 6.45) is 4.30. The van der Waals surface area contributed by atoms with Gasteiger partial charge in [0.25, 0.3) is 0 Å². The number of unbranched alkanes of at least 4 members (excludes halogenated alkanes) is 1. The molecular weight excluding hydrogens is 559 g/mol. The molecule has 5 nitrogen and oxygen atoms in total. The van der Waals surface area contributed by atoms with Gasteiger partial charge in [0.15, 0.2) is 11.0 Å². The van der Waals surface area contributed by atoms with Gasteiger partial charge in [-0.05, 0) is 55.5 Å². The minimum atomic E-state index is -0.404. The maximum Gasteiger partial charge on any atom is 0.223 e. The van der Waals surface area contributed by atoms with Crippen LogP contribution in [0.25, 0.3) is 5.69 Å². The van der Waals surface area contributed by atoms with Crippen LogP contribution in [-0.4, -0.2) is 20.7 Å². The highest BCUT2D eigenvalue weighted by Gasteiger charge is 2.28. The number of thioether (sulfide) groups is 1. The molecule has 0 aliphatic carbocycles. The SMILES string of the molecule is CCCCC(CC)C(=O)NC(Cc1ccccc1)c1nnc(SCc2cccc(C)c2)n1-c1ccc(Cl)cc1Cl. The lowest BCUT2D eigenvalue weighted by Gasteiger charge is -2.23. The fourth-order valence-electron chi connectivity index (χ4n) is 4.76. The van der Waals surface area contributed by atoms with Crippen LogP contribution in [0, 0.1) is 12.8 Å². The number of carbonyl (C=O) groups excluding carboxylic acids is 1. The Kier molecular flexibility index (Phi) is 11.1. The van der Waals surface area contributed by atoms with E-state index in [0.717, 1.165) is 42.7 Å². The first-order valence-corrected chi connectivity index (χ1v) is 15.6. The maximum absolute atomic E-state index is 13.5. The molecule has 1 heterocycles. The van der Waals surface area contributed by atoms with E-state index in [1.165, 1.54) is 11.1 Å². The fraction of sp³-hybridized carbons (Fsp3) is 0.344. The van der Waals surface area contributed by atoms with Crippen molar-refractivity contribution in [3.63, 3.8) is 0 Å². The zero-order valence-electron chi connectivity index (χ0n) is 23.2. The highest BCUT2D eigenvalue weighted by Crippen LogP contribution is 2.33. The van der Waals surface area contributed by atoms with Crippen LogP contribution >= 0.6 is 35.0 Å². The van der Waals surface area contributed by atoms with Gasteiger partial charge in [-0.3, -0.25) is 9.36 Å². The summed E-state index contributed by atoms with van der Waals surface area (Å²) in [4.78, 5) is 13.5. The Morgan fingerprint density at radius 3 is 2.45 bits per heavy atom. The normalized spacial score (nSPS) is 12.7. The molecule has 1 N–H and O–H groups in total. The first-order chi connectivity index (χ1) is 19.4. The number of aromatic nitrogens is 3. The Labute approximate surface area is 251 Å². The molecule has 2 unspecified atom stereocenters. The summed E-state index contributed by atoms with van der Waals surface area (Å²) in [6.45, 7) is 6.31. The van der Waals surface area contributed by atoms with Crippen LogP contribution in [0.15, 0.2) is 78.0 Å². The van der Waals surface area contributed by atoms with Gasteiger partial charge in [0, 0.05) is 16.7 Å². The lowest BCUT2D eigenvalue weighted by atomic mass is 9.97. The smallest absolute Gasteiger partial charge is 0.223 e. The highest BCUT2D eigenvalue weighted by atomic mass is 35.5. The number of amides is 1. The van der Waals surface area contributed by atoms with Gasteiger partial charge in [-0.2, -0.15) is 0 Å². The number of hydrogen-bond donors (Lipinski definition) is 1. The number of nitrogens with one attached hydrogen (secondary N) is 1. The van der Waals surface area contributed by atoms with Crippen molar-refractivity contribution < 1.29 is 4.79 Å². The summed E-state index contributed by atoms with van der Waals surface area (Å²) < 4.78 is 1.97. The van der Waals surface area contributed by atoms with Gasteiger partial charge in [-0.15, -0.1) is 10.2 Å². The van der Waals surface area contributed by atoms with Gasteiger partial charge in [0.2, 0.25) is 5.91 Å². The molecule has 0 fully saturated rings. The number of rotatable bonds is 13. The van der Waals surface area contributed by atoms with Gasteiger partial charge < -0.3 is 5.32 Å². The van der Waals surface area contributed by atoms with E-state index < -0.39 is 6.04 Å². The molecule has 0 aliphatic rings. The minimum absolute atomic E-state index is 0.0441. The molecule has 210 valence electrons. The van der Waals surface area contributed by atoms with E-state index >= 15 is 0 Å². The second-order valence-corrected chi connectivity index (χ2v) is 11.8. The molecule has 0 saturated heterocycles. The van der Waals surface area contributed by atoms with Crippen molar-refractivity contribution in [3.8, 4) is 5.69 Å². The molecule has 0 spiro atoms. The van der Waals surface area contributed by atoms with E-state index in [9.17, 15) is 4.79 Å². The Bertz CT molecular complexity index is 1410. The third-order valence-corrected chi connectivity index (χ3v) is 8.48. The van der Waals surface area contributed by atoms with Gasteiger partial charge in [0.1, 0.15) is 0 Å². The third kappa shape index (κ3) is 7.90. The zero-order chi connectivity index (χ0) is 28.5. The van der Waals surface area contributed by atoms with E-state index in [2.05, 4.69) is 72.7 Å². The van der Waals surface area contributed by atoms with Crippen LogP contribution in [0.3, 0.4) is 0 Å². The van der Waals surface area contributed by atoms with Gasteiger partial charge in [0.05, 0.1) is 16.8 Å². The van der Waals surface area contributed by atoms with Crippen molar-refractivity contribution in [2.75, 3.05) is 0 Å². The average molecular weight is 596 g/mol. The number of halogens is 2. The van der Waals surface area contributed by atoms with Crippen LogP contribution in [0.4, 0.5) is 0 Å². The molecule has 2 atom stereocenters. The van der Waals surface area contributed by atoms with Gasteiger partial charge in [-0.1, -0.05) is 122 Å². The van der Waals surface area contributed by atoms with E-state index in [1.807, 2.05) is 34.9 Å². The first-order valence-electron chi connectivity index (χ1n) is 13.8. The van der Waals surface area contributed by atoms with Crippen molar-refractivity contribution in [1.82, 2.24) is 20.1 Å². The minimum Gasteiger partial charge on any atom is -0.345 e. The van der Waals surface area contributed by atoms with E-state index in [4.69, 9.17) is 23.2 Å². The summed E-state index contributed by atoms with van der Waals surface area (Å²) in [5.74, 6) is 1.35. The number of nitrogens with zero attached hydrogens (tertiary/aromatic N) is 3. The molecular formula is C32H36Cl2N4OS. The van der Waals surface area contributed by atoms with Crippen molar-refractivity contribution in [2.24, 2.45) is 5.92 Å². The quantitative estimate of drug-likeness (QED) is 0.157. The third-order valence-electron chi connectivity index (χ3n) is 6.94. The summed E-state index contributed by atoms with van der Waals surface area (Å²) in [6, 6.07) is 23.6. The monoisotopic (exact) mass is 594 g/mol. The maximum atomic E-state index is 13.5. The van der Waals surface area contributed by atoms with Crippen LogP contribution in [-0.2, 0) is 17.0 Å². The molecule has 4 aromatic rings. The fourth-order valence-corrected chi connectivity index (χ4v) is 6.14. The Hall–Kier alpha value is -2.80. The average Bonchev–Trinajstić information content (AvgIpc) is 3.36. The van der Waals surface area contributed by atoms with E-state index in [1.54, 1.807) is 17.8 Å². The summed E-state index contributed by atoms with van der Waals surface area (Å²) in [5, 5.41) is 14.4.